The maximum absolute atomic E-state index is 12.5. The van der Waals surface area contributed by atoms with Gasteiger partial charge in [-0.25, -0.2) is 9.97 Å². The molecule has 2 aromatic heterocycles. The van der Waals surface area contributed by atoms with E-state index in [1.807, 2.05) is 4.90 Å². The maximum Gasteiger partial charge on any atom is 0.292 e. The number of rotatable bonds is 2. The van der Waals surface area contributed by atoms with E-state index in [4.69, 9.17) is 4.52 Å². The average molecular weight is 342 g/mol. The quantitative estimate of drug-likeness (QED) is 0.784. The van der Waals surface area contributed by atoms with Gasteiger partial charge in [-0.1, -0.05) is 5.16 Å². The van der Waals surface area contributed by atoms with E-state index in [1.165, 1.54) is 11.8 Å². The normalized spacial score (nSPS) is 18.8. The largest absolute Gasteiger partial charge is 0.354 e. The first kappa shape index (κ1) is 16.0. The van der Waals surface area contributed by atoms with Crippen LogP contribution in [-0.2, 0) is 12.8 Å². The molecule has 0 spiro atoms. The number of aromatic nitrogens is 3. The molecule has 8 heteroatoms. The van der Waals surface area contributed by atoms with E-state index in [0.717, 1.165) is 50.5 Å². The van der Waals surface area contributed by atoms with Crippen LogP contribution in [0.5, 0.6) is 0 Å². The van der Waals surface area contributed by atoms with Crippen molar-refractivity contribution in [1.82, 2.24) is 24.9 Å². The van der Waals surface area contributed by atoms with E-state index in [2.05, 4.69) is 32.0 Å². The van der Waals surface area contributed by atoms with Gasteiger partial charge in [-0.15, -0.1) is 0 Å². The number of amides is 1. The molecule has 4 heterocycles. The first-order chi connectivity index (χ1) is 12.2. The first-order valence-corrected chi connectivity index (χ1v) is 8.68. The molecule has 1 fully saturated rings. The number of nitrogens with zero attached hydrogens (tertiary/aromatic N) is 6. The summed E-state index contributed by atoms with van der Waals surface area (Å²) in [6.07, 6.45) is 4.65. The number of hydrogen-bond acceptors (Lipinski definition) is 7. The Balaban J connectivity index is 1.53. The predicted molar refractivity (Wildman–Crippen MR) is 91.6 cm³/mol. The standard InChI is InChI=1S/C17H22N6O2/c1-21-8-10-22(11-9-21)16-13-3-6-23(7-4-14(13)18-12-19-16)17(24)15-2-5-20-25-15/h2,5,12H,3-4,6-11H2,1H3. The molecule has 4 rings (SSSR count). The molecule has 0 saturated carbocycles. The molecule has 1 amide bonds. The molecule has 0 radical (unpaired) electrons. The van der Waals surface area contributed by atoms with Gasteiger partial charge in [0.25, 0.3) is 5.91 Å². The van der Waals surface area contributed by atoms with Gasteiger partial charge >= 0.3 is 0 Å². The van der Waals surface area contributed by atoms with E-state index in [9.17, 15) is 4.79 Å². The number of anilines is 1. The van der Waals surface area contributed by atoms with E-state index in [1.54, 1.807) is 12.4 Å². The Labute approximate surface area is 146 Å². The molecule has 8 nitrogen and oxygen atoms in total. The Morgan fingerprint density at radius 1 is 1.08 bits per heavy atom. The molecule has 2 aliphatic heterocycles. The highest BCUT2D eigenvalue weighted by Crippen LogP contribution is 2.25. The summed E-state index contributed by atoms with van der Waals surface area (Å²) in [7, 11) is 2.14. The van der Waals surface area contributed by atoms with Crippen LogP contribution in [0.2, 0.25) is 0 Å². The Hall–Kier alpha value is -2.48. The van der Waals surface area contributed by atoms with Crippen molar-refractivity contribution in [1.29, 1.82) is 0 Å². The van der Waals surface area contributed by atoms with Gasteiger partial charge < -0.3 is 19.2 Å². The summed E-state index contributed by atoms with van der Waals surface area (Å²) in [4.78, 5) is 28.1. The van der Waals surface area contributed by atoms with Crippen molar-refractivity contribution in [3.8, 4) is 0 Å². The molecular formula is C17H22N6O2. The van der Waals surface area contributed by atoms with Gasteiger partial charge in [0.1, 0.15) is 12.1 Å². The molecule has 1 saturated heterocycles. The smallest absolute Gasteiger partial charge is 0.292 e. The van der Waals surface area contributed by atoms with Crippen LogP contribution in [0, 0.1) is 0 Å². The number of fused-ring (bicyclic) bond motifs is 1. The zero-order valence-electron chi connectivity index (χ0n) is 14.4. The fourth-order valence-electron chi connectivity index (χ4n) is 3.48. The van der Waals surface area contributed by atoms with Crippen molar-refractivity contribution in [2.75, 3.05) is 51.2 Å². The third-order valence-electron chi connectivity index (χ3n) is 5.00. The fraction of sp³-hybridized carbons (Fsp3) is 0.529. The van der Waals surface area contributed by atoms with Crippen LogP contribution in [0.15, 0.2) is 23.1 Å². The van der Waals surface area contributed by atoms with E-state index in [0.29, 0.717) is 13.1 Å². The van der Waals surface area contributed by atoms with Crippen LogP contribution >= 0.6 is 0 Å². The third-order valence-corrected chi connectivity index (χ3v) is 5.00. The van der Waals surface area contributed by atoms with Crippen LogP contribution < -0.4 is 4.90 Å². The minimum atomic E-state index is -0.112. The van der Waals surface area contributed by atoms with Gasteiger partial charge in [-0.3, -0.25) is 4.79 Å². The summed E-state index contributed by atoms with van der Waals surface area (Å²) in [6.45, 7) is 5.29. The maximum atomic E-state index is 12.5. The van der Waals surface area contributed by atoms with Crippen LogP contribution in [0.3, 0.4) is 0 Å². The molecule has 0 aliphatic carbocycles. The average Bonchev–Trinajstić information content (AvgIpc) is 3.08. The lowest BCUT2D eigenvalue weighted by Crippen LogP contribution is -2.45. The molecule has 0 unspecified atom stereocenters. The zero-order valence-corrected chi connectivity index (χ0v) is 14.4. The number of hydrogen-bond donors (Lipinski definition) is 0. The minimum Gasteiger partial charge on any atom is -0.354 e. The number of carbonyl (C=O) groups excluding carboxylic acids is 1. The molecule has 2 aromatic rings. The second-order valence-electron chi connectivity index (χ2n) is 6.58. The third kappa shape index (κ3) is 3.21. The van der Waals surface area contributed by atoms with Gasteiger partial charge in [-0.05, 0) is 13.5 Å². The molecule has 0 N–H and O–H groups in total. The molecule has 0 aromatic carbocycles. The molecule has 2 aliphatic rings. The Bertz CT molecular complexity index is 740. The van der Waals surface area contributed by atoms with Gasteiger partial charge in [0.15, 0.2) is 0 Å². The molecular weight excluding hydrogens is 320 g/mol. The lowest BCUT2D eigenvalue weighted by Gasteiger charge is -2.34. The molecule has 132 valence electrons. The second kappa shape index (κ2) is 6.79. The summed E-state index contributed by atoms with van der Waals surface area (Å²) in [5, 5.41) is 3.63. The number of carbonyl (C=O) groups is 1. The molecule has 0 atom stereocenters. The van der Waals surface area contributed by atoms with Crippen LogP contribution in [0.4, 0.5) is 5.82 Å². The summed E-state index contributed by atoms with van der Waals surface area (Å²) in [5.41, 5.74) is 2.23. The Morgan fingerprint density at radius 2 is 1.88 bits per heavy atom. The number of piperazine rings is 1. The fourth-order valence-corrected chi connectivity index (χ4v) is 3.48. The van der Waals surface area contributed by atoms with Crippen molar-refractivity contribution >= 4 is 11.7 Å². The van der Waals surface area contributed by atoms with Gasteiger partial charge in [0.2, 0.25) is 5.76 Å². The highest BCUT2D eigenvalue weighted by molar-refractivity contribution is 5.91. The van der Waals surface area contributed by atoms with Crippen molar-refractivity contribution in [2.45, 2.75) is 12.8 Å². The van der Waals surface area contributed by atoms with E-state index in [-0.39, 0.29) is 11.7 Å². The van der Waals surface area contributed by atoms with Crippen molar-refractivity contribution < 1.29 is 9.32 Å². The van der Waals surface area contributed by atoms with Gasteiger partial charge in [0.05, 0.1) is 11.9 Å². The van der Waals surface area contributed by atoms with E-state index >= 15 is 0 Å². The van der Waals surface area contributed by atoms with Crippen molar-refractivity contribution in [2.24, 2.45) is 0 Å². The highest BCUT2D eigenvalue weighted by Gasteiger charge is 2.26. The summed E-state index contributed by atoms with van der Waals surface area (Å²) < 4.78 is 5.01. The van der Waals surface area contributed by atoms with Crippen LogP contribution in [-0.4, -0.2) is 77.1 Å². The summed E-state index contributed by atoms with van der Waals surface area (Å²) in [6, 6.07) is 1.61. The minimum absolute atomic E-state index is 0.112. The number of likely N-dealkylation sites (N-methyl/N-ethyl adjacent to an activating group) is 1. The highest BCUT2D eigenvalue weighted by atomic mass is 16.5. The zero-order chi connectivity index (χ0) is 17.2. The van der Waals surface area contributed by atoms with Crippen LogP contribution in [0.1, 0.15) is 21.8 Å². The summed E-state index contributed by atoms with van der Waals surface area (Å²) >= 11 is 0. The second-order valence-corrected chi connectivity index (χ2v) is 6.58. The van der Waals surface area contributed by atoms with Crippen LogP contribution in [0.25, 0.3) is 0 Å². The monoisotopic (exact) mass is 342 g/mol. The van der Waals surface area contributed by atoms with Crippen molar-refractivity contribution in [3.63, 3.8) is 0 Å². The van der Waals surface area contributed by atoms with Gasteiger partial charge in [0, 0.05) is 57.3 Å². The Kier molecular flexibility index (Phi) is 4.35. The first-order valence-electron chi connectivity index (χ1n) is 8.68. The van der Waals surface area contributed by atoms with Crippen molar-refractivity contribution in [3.05, 3.63) is 35.6 Å². The Morgan fingerprint density at radius 3 is 2.64 bits per heavy atom. The summed E-state index contributed by atoms with van der Waals surface area (Å²) in [5.74, 6) is 1.21. The lowest BCUT2D eigenvalue weighted by molar-refractivity contribution is 0.0721. The van der Waals surface area contributed by atoms with E-state index < -0.39 is 0 Å². The molecule has 25 heavy (non-hydrogen) atoms. The lowest BCUT2D eigenvalue weighted by atomic mass is 10.1. The SMILES string of the molecule is CN1CCN(c2ncnc3c2CCN(C(=O)c2ccno2)CC3)CC1. The molecule has 0 bridgehead atoms. The predicted octanol–water partition coefficient (Wildman–Crippen LogP) is 0.457. The topological polar surface area (TPSA) is 78.6 Å². The van der Waals surface area contributed by atoms with Gasteiger partial charge in [-0.2, -0.15) is 0 Å².